The summed E-state index contributed by atoms with van der Waals surface area (Å²) in [5.74, 6) is 0.0869. The molecule has 1 unspecified atom stereocenters. The van der Waals surface area contributed by atoms with Gasteiger partial charge in [0, 0.05) is 6.54 Å². The molecule has 0 spiro atoms. The second-order valence-electron chi connectivity index (χ2n) is 7.64. The normalized spacial score (nSPS) is 19.6. The van der Waals surface area contributed by atoms with Crippen molar-refractivity contribution in [1.29, 1.82) is 0 Å². The number of halogens is 2. The number of nitrogens with zero attached hydrogens (tertiary/aromatic N) is 2. The number of rotatable bonds is 5. The first kappa shape index (κ1) is 20.5. The van der Waals surface area contributed by atoms with Gasteiger partial charge >= 0.3 is 6.61 Å². The Bertz CT molecular complexity index is 1240. The van der Waals surface area contributed by atoms with Gasteiger partial charge in [0.25, 0.3) is 0 Å². The van der Waals surface area contributed by atoms with Gasteiger partial charge in [-0.1, -0.05) is 18.2 Å². The van der Waals surface area contributed by atoms with Crippen molar-refractivity contribution in [2.24, 2.45) is 0 Å². The minimum atomic E-state index is -3.66. The number of thiazole rings is 1. The fourth-order valence-corrected chi connectivity index (χ4v) is 7.31. The van der Waals surface area contributed by atoms with Gasteiger partial charge in [-0.15, -0.1) is 11.3 Å². The standard InChI is InChI=1S/C22H20F2N2O3S2/c23-22(24)29-16-9-7-15-13-17(10-8-14(15)12-16)31(27,28)26-11-3-5-19(26)21-25-18-4-1-2-6-20(18)30-21/h1-2,4,6-7,9,12-13,19,22H,3,5,8,10-11H2. The van der Waals surface area contributed by atoms with E-state index in [1.165, 1.54) is 6.07 Å². The Hall–Kier alpha value is -2.36. The maximum Gasteiger partial charge on any atom is 0.387 e. The first-order valence-electron chi connectivity index (χ1n) is 10.1. The summed E-state index contributed by atoms with van der Waals surface area (Å²) in [6, 6.07) is 12.2. The molecule has 1 aliphatic carbocycles. The summed E-state index contributed by atoms with van der Waals surface area (Å²) in [6.07, 6.45) is 3.99. The molecule has 9 heteroatoms. The third-order valence-corrected chi connectivity index (χ3v) is 8.91. The van der Waals surface area contributed by atoms with Crippen LogP contribution in [0.1, 0.15) is 41.4 Å². The molecule has 2 aliphatic rings. The average Bonchev–Trinajstić information content (AvgIpc) is 3.40. The molecule has 31 heavy (non-hydrogen) atoms. The molecule has 1 saturated heterocycles. The number of allylic oxidation sites excluding steroid dienone is 1. The molecular weight excluding hydrogens is 442 g/mol. The molecule has 0 radical (unpaired) electrons. The first-order valence-corrected chi connectivity index (χ1v) is 12.3. The zero-order valence-electron chi connectivity index (χ0n) is 16.5. The number of alkyl halides is 2. The predicted octanol–water partition coefficient (Wildman–Crippen LogP) is 5.35. The molecule has 1 aliphatic heterocycles. The number of ether oxygens (including phenoxy) is 1. The second kappa shape index (κ2) is 7.96. The van der Waals surface area contributed by atoms with Gasteiger partial charge in [-0.3, -0.25) is 0 Å². The Balaban J connectivity index is 1.45. The Morgan fingerprint density at radius 3 is 2.81 bits per heavy atom. The molecule has 0 amide bonds. The number of benzene rings is 2. The summed E-state index contributed by atoms with van der Waals surface area (Å²) in [4.78, 5) is 5.05. The van der Waals surface area contributed by atoms with Gasteiger partial charge in [-0.25, -0.2) is 13.4 Å². The highest BCUT2D eigenvalue weighted by Gasteiger charge is 2.39. The van der Waals surface area contributed by atoms with Gasteiger partial charge < -0.3 is 4.74 Å². The van der Waals surface area contributed by atoms with Crippen LogP contribution >= 0.6 is 11.3 Å². The van der Waals surface area contributed by atoms with Crippen LogP contribution in [-0.2, 0) is 16.4 Å². The third kappa shape index (κ3) is 3.86. The highest BCUT2D eigenvalue weighted by Crippen LogP contribution is 2.41. The SMILES string of the molecule is O=S(=O)(C1=Cc2ccc(OC(F)F)cc2CC1)N1CCCC1c1nc2ccccc2s1. The number of hydrogen-bond donors (Lipinski definition) is 0. The van der Waals surface area contributed by atoms with Gasteiger partial charge in [0.2, 0.25) is 10.0 Å². The lowest BCUT2D eigenvalue weighted by molar-refractivity contribution is -0.0498. The molecule has 2 heterocycles. The largest absolute Gasteiger partial charge is 0.435 e. The fraction of sp³-hybridized carbons (Fsp3) is 0.318. The molecule has 5 nitrogen and oxygen atoms in total. The van der Waals surface area contributed by atoms with E-state index in [0.29, 0.717) is 24.3 Å². The van der Waals surface area contributed by atoms with Crippen LogP contribution in [0.15, 0.2) is 47.4 Å². The van der Waals surface area contributed by atoms with Crippen molar-refractivity contribution in [3.05, 3.63) is 63.5 Å². The molecule has 5 rings (SSSR count). The van der Waals surface area contributed by atoms with Crippen LogP contribution in [0.4, 0.5) is 8.78 Å². The van der Waals surface area contributed by atoms with Crippen molar-refractivity contribution < 1.29 is 21.9 Å². The minimum absolute atomic E-state index is 0.0869. The monoisotopic (exact) mass is 462 g/mol. The summed E-state index contributed by atoms with van der Waals surface area (Å²) in [7, 11) is -3.66. The van der Waals surface area contributed by atoms with Gasteiger partial charge in [-0.2, -0.15) is 13.1 Å². The second-order valence-corrected chi connectivity index (χ2v) is 10.6. The van der Waals surface area contributed by atoms with E-state index in [9.17, 15) is 17.2 Å². The number of aryl methyl sites for hydroxylation is 1. The van der Waals surface area contributed by atoms with E-state index in [-0.39, 0.29) is 11.8 Å². The minimum Gasteiger partial charge on any atom is -0.435 e. The van der Waals surface area contributed by atoms with Crippen LogP contribution in [0.2, 0.25) is 0 Å². The summed E-state index contributed by atoms with van der Waals surface area (Å²) >= 11 is 1.54. The molecule has 1 fully saturated rings. The van der Waals surface area contributed by atoms with Crippen molar-refractivity contribution in [1.82, 2.24) is 9.29 Å². The number of aromatic nitrogens is 1. The quantitative estimate of drug-likeness (QED) is 0.513. The van der Waals surface area contributed by atoms with E-state index in [1.54, 1.807) is 33.9 Å². The van der Waals surface area contributed by atoms with E-state index in [2.05, 4.69) is 4.74 Å². The van der Waals surface area contributed by atoms with Crippen LogP contribution in [0.5, 0.6) is 5.75 Å². The molecule has 0 bridgehead atoms. The van der Waals surface area contributed by atoms with Crippen molar-refractivity contribution >= 4 is 37.7 Å². The zero-order valence-corrected chi connectivity index (χ0v) is 18.1. The molecule has 2 aromatic carbocycles. The fourth-order valence-electron chi connectivity index (χ4n) is 4.28. The topological polar surface area (TPSA) is 59.5 Å². The Labute approximate surface area is 183 Å². The van der Waals surface area contributed by atoms with Crippen LogP contribution in [0.25, 0.3) is 16.3 Å². The summed E-state index contributed by atoms with van der Waals surface area (Å²) in [5.41, 5.74) is 2.42. The van der Waals surface area contributed by atoms with E-state index < -0.39 is 16.6 Å². The number of hydrogen-bond acceptors (Lipinski definition) is 5. The smallest absolute Gasteiger partial charge is 0.387 e. The van der Waals surface area contributed by atoms with Gasteiger partial charge in [-0.05, 0) is 67.2 Å². The summed E-state index contributed by atoms with van der Waals surface area (Å²) < 4.78 is 59.1. The molecule has 162 valence electrons. The van der Waals surface area contributed by atoms with Crippen molar-refractivity contribution in [3.8, 4) is 5.75 Å². The van der Waals surface area contributed by atoms with Crippen molar-refractivity contribution in [3.63, 3.8) is 0 Å². The number of fused-ring (bicyclic) bond motifs is 2. The highest BCUT2D eigenvalue weighted by molar-refractivity contribution is 7.93. The summed E-state index contributed by atoms with van der Waals surface area (Å²) in [5, 5.41) is 0.827. The Morgan fingerprint density at radius 2 is 2.00 bits per heavy atom. The van der Waals surface area contributed by atoms with Crippen LogP contribution in [0.3, 0.4) is 0 Å². The van der Waals surface area contributed by atoms with E-state index in [0.717, 1.165) is 39.2 Å². The van der Waals surface area contributed by atoms with Crippen LogP contribution in [0, 0.1) is 0 Å². The third-order valence-electron chi connectivity index (χ3n) is 5.74. The predicted molar refractivity (Wildman–Crippen MR) is 117 cm³/mol. The van der Waals surface area contributed by atoms with E-state index in [4.69, 9.17) is 4.98 Å². The Morgan fingerprint density at radius 1 is 1.16 bits per heavy atom. The average molecular weight is 463 g/mol. The molecule has 0 N–H and O–H groups in total. The number of para-hydroxylation sites is 1. The van der Waals surface area contributed by atoms with Crippen molar-refractivity contribution in [2.45, 2.75) is 38.3 Å². The molecule has 1 atom stereocenters. The lowest BCUT2D eigenvalue weighted by atomic mass is 9.97. The lowest BCUT2D eigenvalue weighted by Gasteiger charge is -2.26. The van der Waals surface area contributed by atoms with Gasteiger partial charge in [0.15, 0.2) is 0 Å². The maximum atomic E-state index is 13.5. The zero-order chi connectivity index (χ0) is 21.6. The molecule has 1 aromatic heterocycles. The first-order chi connectivity index (χ1) is 14.9. The van der Waals surface area contributed by atoms with Gasteiger partial charge in [0.1, 0.15) is 10.8 Å². The van der Waals surface area contributed by atoms with Crippen molar-refractivity contribution in [2.75, 3.05) is 6.54 Å². The summed E-state index contributed by atoms with van der Waals surface area (Å²) in [6.45, 7) is -2.42. The molecule has 3 aromatic rings. The maximum absolute atomic E-state index is 13.5. The molecule has 0 saturated carbocycles. The number of sulfonamides is 1. The lowest BCUT2D eigenvalue weighted by Crippen LogP contribution is -2.32. The highest BCUT2D eigenvalue weighted by atomic mass is 32.2. The van der Waals surface area contributed by atoms with Gasteiger partial charge in [0.05, 0.1) is 21.2 Å². The van der Waals surface area contributed by atoms with Crippen LogP contribution < -0.4 is 4.74 Å². The van der Waals surface area contributed by atoms with E-state index in [1.807, 2.05) is 24.3 Å². The Kier molecular flexibility index (Phi) is 5.27. The molecular formula is C22H20F2N2O3S2. The van der Waals surface area contributed by atoms with Crippen LogP contribution in [-0.4, -0.2) is 30.9 Å². The van der Waals surface area contributed by atoms with E-state index >= 15 is 0 Å².